The van der Waals surface area contributed by atoms with Crippen LogP contribution in [0.1, 0.15) is 25.3 Å². The average molecular weight is 205 g/mol. The Morgan fingerprint density at radius 2 is 2.20 bits per heavy atom. The Kier molecular flexibility index (Phi) is 2.62. The lowest BCUT2D eigenvalue weighted by molar-refractivity contribution is -0.145. The number of ether oxygens (including phenoxy) is 1. The van der Waals surface area contributed by atoms with Crippen LogP contribution < -0.4 is 5.32 Å². The maximum Gasteiger partial charge on any atom is 0.315 e. The van der Waals surface area contributed by atoms with E-state index in [4.69, 9.17) is 4.74 Å². The number of nitrogens with one attached hydrogen (secondary N) is 1. The Morgan fingerprint density at radius 3 is 2.93 bits per heavy atom. The van der Waals surface area contributed by atoms with Gasteiger partial charge in [-0.05, 0) is 25.5 Å². The van der Waals surface area contributed by atoms with Gasteiger partial charge >= 0.3 is 5.97 Å². The molecule has 0 unspecified atom stereocenters. The number of benzene rings is 1. The molecule has 15 heavy (non-hydrogen) atoms. The highest BCUT2D eigenvalue weighted by atomic mass is 16.5. The van der Waals surface area contributed by atoms with Crippen molar-refractivity contribution < 1.29 is 9.53 Å². The fourth-order valence-electron chi connectivity index (χ4n) is 2.06. The van der Waals surface area contributed by atoms with Crippen LogP contribution in [0.4, 0.5) is 5.69 Å². The second-order valence-corrected chi connectivity index (χ2v) is 3.75. The van der Waals surface area contributed by atoms with Crippen LogP contribution in [0.25, 0.3) is 0 Å². The molecule has 2 atom stereocenters. The molecule has 3 nitrogen and oxygen atoms in total. The molecule has 0 amide bonds. The van der Waals surface area contributed by atoms with Crippen molar-refractivity contribution in [2.75, 3.05) is 11.9 Å². The number of carbonyl (C=O) groups excluding carboxylic acids is 1. The number of fused-ring (bicyclic) bond motifs is 1. The van der Waals surface area contributed by atoms with Crippen molar-refractivity contribution in [2.24, 2.45) is 0 Å². The number of esters is 1. The summed E-state index contributed by atoms with van der Waals surface area (Å²) in [5, 5.41) is 3.29. The van der Waals surface area contributed by atoms with Crippen LogP contribution in [0.5, 0.6) is 0 Å². The van der Waals surface area contributed by atoms with Crippen LogP contribution >= 0.6 is 0 Å². The Hall–Kier alpha value is -1.51. The third-order valence-electron chi connectivity index (χ3n) is 2.72. The third kappa shape index (κ3) is 1.69. The zero-order chi connectivity index (χ0) is 10.8. The minimum atomic E-state index is -0.166. The standard InChI is InChI=1S/C12H15NO2/c1-3-15-12(14)11-8(2)13-10-7-5-4-6-9(10)11/h4-8,11,13H,3H2,1-2H3/t8-,11+/m1/s1. The molecular weight excluding hydrogens is 190 g/mol. The van der Waals surface area contributed by atoms with Crippen LogP contribution in [0.15, 0.2) is 24.3 Å². The van der Waals surface area contributed by atoms with E-state index in [2.05, 4.69) is 5.32 Å². The van der Waals surface area contributed by atoms with Gasteiger partial charge in [0.2, 0.25) is 0 Å². The summed E-state index contributed by atoms with van der Waals surface area (Å²) in [4.78, 5) is 11.8. The first kappa shape index (κ1) is 10.0. The first-order valence-corrected chi connectivity index (χ1v) is 5.26. The minimum absolute atomic E-state index is 0.112. The molecule has 80 valence electrons. The lowest BCUT2D eigenvalue weighted by Gasteiger charge is -2.14. The van der Waals surface area contributed by atoms with Crippen LogP contribution in [0.3, 0.4) is 0 Å². The van der Waals surface area contributed by atoms with Crippen LogP contribution in [-0.4, -0.2) is 18.6 Å². The largest absolute Gasteiger partial charge is 0.465 e. The summed E-state index contributed by atoms with van der Waals surface area (Å²) in [5.74, 6) is -0.302. The van der Waals surface area contributed by atoms with Crippen LogP contribution in [-0.2, 0) is 9.53 Å². The molecule has 0 saturated heterocycles. The smallest absolute Gasteiger partial charge is 0.315 e. The Labute approximate surface area is 89.4 Å². The summed E-state index contributed by atoms with van der Waals surface area (Å²) in [7, 11) is 0. The lowest BCUT2D eigenvalue weighted by atomic mass is 9.96. The van der Waals surface area contributed by atoms with E-state index in [9.17, 15) is 4.79 Å². The Bertz CT molecular complexity index is 376. The summed E-state index contributed by atoms with van der Waals surface area (Å²) in [6.45, 7) is 4.27. The second-order valence-electron chi connectivity index (χ2n) is 3.75. The molecule has 1 N–H and O–H groups in total. The Morgan fingerprint density at radius 1 is 1.47 bits per heavy atom. The molecule has 3 heteroatoms. The van der Waals surface area contributed by atoms with Crippen molar-refractivity contribution in [3.05, 3.63) is 29.8 Å². The van der Waals surface area contributed by atoms with E-state index in [1.165, 1.54) is 0 Å². The SMILES string of the molecule is CCOC(=O)[C@@H]1c2ccccc2N[C@@H]1C. The molecule has 0 fully saturated rings. The van der Waals surface area contributed by atoms with E-state index in [1.807, 2.05) is 38.1 Å². The summed E-state index contributed by atoms with van der Waals surface area (Å²) < 4.78 is 5.07. The molecule has 1 aliphatic rings. The number of para-hydroxylation sites is 1. The van der Waals surface area contributed by atoms with E-state index in [0.717, 1.165) is 11.3 Å². The van der Waals surface area contributed by atoms with Gasteiger partial charge in [0.05, 0.1) is 6.61 Å². The monoisotopic (exact) mass is 205 g/mol. The van der Waals surface area contributed by atoms with Gasteiger partial charge in [0.25, 0.3) is 0 Å². The Balaban J connectivity index is 2.29. The fourth-order valence-corrected chi connectivity index (χ4v) is 2.06. The first-order chi connectivity index (χ1) is 7.24. The summed E-state index contributed by atoms with van der Waals surface area (Å²) in [5.41, 5.74) is 2.09. The van der Waals surface area contributed by atoms with Gasteiger partial charge in [0.15, 0.2) is 0 Å². The molecule has 1 aliphatic heterocycles. The van der Waals surface area contributed by atoms with Crippen molar-refractivity contribution in [3.8, 4) is 0 Å². The van der Waals surface area contributed by atoms with Crippen molar-refractivity contribution >= 4 is 11.7 Å². The molecular formula is C12H15NO2. The van der Waals surface area contributed by atoms with Crippen LogP contribution in [0.2, 0.25) is 0 Å². The van der Waals surface area contributed by atoms with Gasteiger partial charge < -0.3 is 10.1 Å². The highest BCUT2D eigenvalue weighted by Crippen LogP contribution is 2.36. The van der Waals surface area contributed by atoms with Gasteiger partial charge in [-0.1, -0.05) is 18.2 Å². The molecule has 2 rings (SSSR count). The van der Waals surface area contributed by atoms with Crippen LogP contribution in [0, 0.1) is 0 Å². The van der Waals surface area contributed by atoms with Crippen molar-refractivity contribution in [1.29, 1.82) is 0 Å². The molecule has 0 radical (unpaired) electrons. The van der Waals surface area contributed by atoms with E-state index in [-0.39, 0.29) is 17.9 Å². The predicted octanol–water partition coefficient (Wildman–Crippen LogP) is 2.15. The van der Waals surface area contributed by atoms with Gasteiger partial charge in [0, 0.05) is 11.7 Å². The maximum atomic E-state index is 11.8. The van der Waals surface area contributed by atoms with E-state index < -0.39 is 0 Å². The van der Waals surface area contributed by atoms with Gasteiger partial charge in [-0.25, -0.2) is 0 Å². The second kappa shape index (κ2) is 3.93. The zero-order valence-corrected chi connectivity index (χ0v) is 8.99. The molecule has 1 heterocycles. The highest BCUT2D eigenvalue weighted by molar-refractivity contribution is 5.84. The molecule has 1 aromatic rings. The normalized spacial score (nSPS) is 23.1. The first-order valence-electron chi connectivity index (χ1n) is 5.26. The fraction of sp³-hybridized carbons (Fsp3) is 0.417. The highest BCUT2D eigenvalue weighted by Gasteiger charge is 2.35. The summed E-state index contributed by atoms with van der Waals surface area (Å²) in [6, 6.07) is 8.00. The summed E-state index contributed by atoms with van der Waals surface area (Å²) in [6.07, 6.45) is 0. The van der Waals surface area contributed by atoms with Gasteiger partial charge in [-0.3, -0.25) is 4.79 Å². The van der Waals surface area contributed by atoms with Crippen molar-refractivity contribution in [1.82, 2.24) is 0 Å². The number of hydrogen-bond acceptors (Lipinski definition) is 3. The van der Waals surface area contributed by atoms with Gasteiger partial charge in [-0.15, -0.1) is 0 Å². The molecule has 1 aromatic carbocycles. The average Bonchev–Trinajstić information content (AvgIpc) is 2.54. The van der Waals surface area contributed by atoms with E-state index in [1.54, 1.807) is 0 Å². The predicted molar refractivity (Wildman–Crippen MR) is 58.9 cm³/mol. The minimum Gasteiger partial charge on any atom is -0.465 e. The molecule has 0 aliphatic carbocycles. The molecule has 0 spiro atoms. The van der Waals surface area contributed by atoms with E-state index in [0.29, 0.717) is 6.61 Å². The quantitative estimate of drug-likeness (QED) is 0.752. The number of rotatable bonds is 2. The number of anilines is 1. The molecule has 0 bridgehead atoms. The van der Waals surface area contributed by atoms with Crippen molar-refractivity contribution in [2.45, 2.75) is 25.8 Å². The van der Waals surface area contributed by atoms with Gasteiger partial charge in [-0.2, -0.15) is 0 Å². The topological polar surface area (TPSA) is 38.3 Å². The molecule has 0 aromatic heterocycles. The molecule has 0 saturated carbocycles. The van der Waals surface area contributed by atoms with E-state index >= 15 is 0 Å². The summed E-state index contributed by atoms with van der Waals surface area (Å²) >= 11 is 0. The number of hydrogen-bond donors (Lipinski definition) is 1. The third-order valence-corrected chi connectivity index (χ3v) is 2.72. The lowest BCUT2D eigenvalue weighted by Crippen LogP contribution is -2.25. The zero-order valence-electron chi connectivity index (χ0n) is 8.99. The maximum absolute atomic E-state index is 11.8. The number of carbonyl (C=O) groups is 1. The van der Waals surface area contributed by atoms with Crippen molar-refractivity contribution in [3.63, 3.8) is 0 Å². The van der Waals surface area contributed by atoms with Gasteiger partial charge in [0.1, 0.15) is 5.92 Å².